The van der Waals surface area contributed by atoms with Gasteiger partial charge in [-0.25, -0.2) is 9.59 Å². The first kappa shape index (κ1) is 20.3. The van der Waals surface area contributed by atoms with Gasteiger partial charge in [0.1, 0.15) is 24.0 Å². The second kappa shape index (κ2) is 7.69. The lowest BCUT2D eigenvalue weighted by molar-refractivity contribution is -0.157. The Kier molecular flexibility index (Phi) is 6.24. The number of ether oxygens (including phenoxy) is 3. The van der Waals surface area contributed by atoms with Crippen molar-refractivity contribution in [3.63, 3.8) is 0 Å². The lowest BCUT2D eigenvalue weighted by Gasteiger charge is -2.43. The highest BCUT2D eigenvalue weighted by Gasteiger charge is 2.59. The number of hydrogen-bond donors (Lipinski definition) is 1. The molecule has 1 amide bonds. The second-order valence-electron chi connectivity index (χ2n) is 5.09. The van der Waals surface area contributed by atoms with Crippen LogP contribution in [0.25, 0.3) is 0 Å². The number of carbonyl (C=O) groups is 3. The highest BCUT2D eigenvalue weighted by molar-refractivity contribution is 8.03. The summed E-state index contributed by atoms with van der Waals surface area (Å²) < 4.78 is 13.2. The Morgan fingerprint density at radius 1 is 1.40 bits per heavy atom. The summed E-state index contributed by atoms with van der Waals surface area (Å²) in [4.78, 5) is 36.4. The molecule has 8 nitrogen and oxygen atoms in total. The van der Waals surface area contributed by atoms with E-state index >= 15 is 0 Å². The number of β-lactam (4-membered cyclic amide) rings is 1. The highest BCUT2D eigenvalue weighted by Crippen LogP contribution is 2.51. The molecule has 1 saturated heterocycles. The van der Waals surface area contributed by atoms with Crippen LogP contribution in [-0.4, -0.2) is 56.5 Å². The fourth-order valence-corrected chi connectivity index (χ4v) is 4.04. The number of halogens is 3. The van der Waals surface area contributed by atoms with Gasteiger partial charge in [-0.05, 0) is 13.8 Å². The summed E-state index contributed by atoms with van der Waals surface area (Å²) in [6, 6.07) is 0. The summed E-state index contributed by atoms with van der Waals surface area (Å²) in [5.41, 5.74) is -0.205. The molecule has 12 heteroatoms. The molecule has 0 saturated carbocycles. The smallest absolute Gasteiger partial charge is 0.485 e. The van der Waals surface area contributed by atoms with Gasteiger partial charge in [-0.1, -0.05) is 46.6 Å². The Labute approximate surface area is 162 Å². The molecule has 1 N–H and O–H groups in total. The number of aliphatic carboxylic acids is 1. The van der Waals surface area contributed by atoms with Gasteiger partial charge < -0.3 is 19.3 Å². The van der Waals surface area contributed by atoms with Gasteiger partial charge >= 0.3 is 12.1 Å². The lowest BCUT2D eigenvalue weighted by Crippen LogP contribution is -2.61. The van der Waals surface area contributed by atoms with E-state index in [0.717, 1.165) is 16.7 Å². The van der Waals surface area contributed by atoms with Gasteiger partial charge in [0.05, 0.1) is 6.61 Å². The molecule has 2 aliphatic heterocycles. The number of thioether (sulfide) groups is 1. The van der Waals surface area contributed by atoms with Crippen LogP contribution in [0.4, 0.5) is 4.79 Å². The molecular weight excluding hydrogens is 421 g/mol. The van der Waals surface area contributed by atoms with Crippen LogP contribution in [0.1, 0.15) is 13.8 Å². The van der Waals surface area contributed by atoms with Crippen molar-refractivity contribution in [2.75, 3.05) is 13.2 Å². The monoisotopic (exact) mass is 433 g/mol. The van der Waals surface area contributed by atoms with Crippen LogP contribution in [0.3, 0.4) is 0 Å². The van der Waals surface area contributed by atoms with E-state index in [9.17, 15) is 19.5 Å². The van der Waals surface area contributed by atoms with Gasteiger partial charge in [-0.3, -0.25) is 9.69 Å². The van der Waals surface area contributed by atoms with Crippen LogP contribution in [-0.2, 0) is 23.8 Å². The van der Waals surface area contributed by atoms with Crippen LogP contribution >= 0.6 is 46.6 Å². The van der Waals surface area contributed by atoms with Crippen molar-refractivity contribution in [2.24, 2.45) is 5.92 Å². The fourth-order valence-electron chi connectivity index (χ4n) is 2.37. The Morgan fingerprint density at radius 2 is 2.04 bits per heavy atom. The Hall–Kier alpha value is -1.03. The quantitative estimate of drug-likeness (QED) is 0.387. The Morgan fingerprint density at radius 3 is 2.56 bits per heavy atom. The maximum absolute atomic E-state index is 12.3. The zero-order chi connectivity index (χ0) is 18.9. The van der Waals surface area contributed by atoms with Gasteiger partial charge in [0.25, 0.3) is 0 Å². The summed E-state index contributed by atoms with van der Waals surface area (Å²) in [7, 11) is 0. The van der Waals surface area contributed by atoms with Crippen LogP contribution in [0.5, 0.6) is 0 Å². The molecule has 1 unspecified atom stereocenters. The number of hydrogen-bond acceptors (Lipinski definition) is 7. The molecule has 0 aliphatic carbocycles. The number of amides is 1. The normalized spacial score (nSPS) is 23.7. The molecule has 3 atom stereocenters. The minimum Gasteiger partial charge on any atom is -0.485 e. The van der Waals surface area contributed by atoms with E-state index in [0.29, 0.717) is 0 Å². The molecule has 140 valence electrons. The minimum absolute atomic E-state index is 0.154. The molecule has 2 aliphatic rings. The molecule has 2 rings (SSSR count). The first-order chi connectivity index (χ1) is 11.6. The third-order valence-electron chi connectivity index (χ3n) is 3.37. The SMILES string of the molecule is CCOC1=C(C(=O)O)N2C(=O)[C@H](C(C)OC(=O)OCC(Cl)(Cl)Cl)[C@H]2S1. The van der Waals surface area contributed by atoms with Crippen LogP contribution in [0.2, 0.25) is 0 Å². The zero-order valence-electron chi connectivity index (χ0n) is 13.0. The average molecular weight is 435 g/mol. The predicted octanol–water partition coefficient (Wildman–Crippen LogP) is 2.72. The number of nitrogens with zero attached hydrogens (tertiary/aromatic N) is 1. The van der Waals surface area contributed by atoms with E-state index in [4.69, 9.17) is 44.3 Å². The van der Waals surface area contributed by atoms with Gasteiger partial charge in [0.15, 0.2) is 10.8 Å². The summed E-state index contributed by atoms with van der Waals surface area (Å²) in [5.74, 6) is -2.48. The van der Waals surface area contributed by atoms with Crippen molar-refractivity contribution >= 4 is 64.6 Å². The number of carboxylic acid groups (broad SMARTS) is 1. The van der Waals surface area contributed by atoms with E-state index < -0.39 is 45.8 Å². The summed E-state index contributed by atoms with van der Waals surface area (Å²) >= 11 is 17.5. The largest absolute Gasteiger partial charge is 0.508 e. The molecule has 0 radical (unpaired) electrons. The standard InChI is InChI=1S/C13H14Cl3NO7S/c1-3-22-11-7(10(19)20)17-8(18)6(9(17)25-11)5(2)24-12(21)23-4-13(14,15)16/h5-6,9H,3-4H2,1-2H3,(H,19,20)/t5?,6-,9+/m0/s1. The minimum atomic E-state index is -1.78. The maximum Gasteiger partial charge on any atom is 0.508 e. The van der Waals surface area contributed by atoms with Gasteiger partial charge in [0, 0.05) is 0 Å². The number of carboxylic acids is 1. The number of fused-ring (bicyclic) bond motifs is 1. The molecule has 0 aromatic heterocycles. The molecule has 0 aromatic carbocycles. The van der Waals surface area contributed by atoms with Crippen molar-refractivity contribution in [3.05, 3.63) is 10.8 Å². The highest BCUT2D eigenvalue weighted by atomic mass is 35.6. The van der Waals surface area contributed by atoms with Crippen molar-refractivity contribution in [2.45, 2.75) is 29.1 Å². The van der Waals surface area contributed by atoms with E-state index in [2.05, 4.69) is 4.74 Å². The van der Waals surface area contributed by atoms with Gasteiger partial charge in [0.2, 0.25) is 9.70 Å². The number of carbonyl (C=O) groups excluding carboxylic acids is 2. The molecular formula is C13H14Cl3NO7S. The van der Waals surface area contributed by atoms with Crippen molar-refractivity contribution in [1.29, 1.82) is 0 Å². The Bertz CT molecular complexity index is 621. The van der Waals surface area contributed by atoms with E-state index in [1.54, 1.807) is 6.92 Å². The maximum atomic E-state index is 12.3. The van der Waals surface area contributed by atoms with E-state index in [1.807, 2.05) is 0 Å². The fraction of sp³-hybridized carbons (Fsp3) is 0.615. The Balaban J connectivity index is 1.99. The summed E-state index contributed by atoms with van der Waals surface area (Å²) in [6.45, 7) is 2.95. The first-order valence-electron chi connectivity index (χ1n) is 7.07. The molecule has 1 fully saturated rings. The second-order valence-corrected chi connectivity index (χ2v) is 8.70. The van der Waals surface area contributed by atoms with Crippen LogP contribution in [0, 0.1) is 5.92 Å². The lowest BCUT2D eigenvalue weighted by atomic mass is 9.92. The van der Waals surface area contributed by atoms with Crippen molar-refractivity contribution in [1.82, 2.24) is 4.90 Å². The van der Waals surface area contributed by atoms with E-state index in [-0.39, 0.29) is 17.4 Å². The number of alkyl halides is 3. The van der Waals surface area contributed by atoms with Crippen LogP contribution < -0.4 is 0 Å². The zero-order valence-corrected chi connectivity index (χ0v) is 16.1. The van der Waals surface area contributed by atoms with E-state index in [1.165, 1.54) is 6.92 Å². The average Bonchev–Trinajstić information content (AvgIpc) is 2.79. The van der Waals surface area contributed by atoms with Gasteiger partial charge in [-0.15, -0.1) is 0 Å². The summed E-state index contributed by atoms with van der Waals surface area (Å²) in [5, 5.41) is 8.90. The molecule has 0 bridgehead atoms. The summed E-state index contributed by atoms with van der Waals surface area (Å²) in [6.07, 6.45) is -1.95. The van der Waals surface area contributed by atoms with Crippen molar-refractivity contribution < 1.29 is 33.7 Å². The van der Waals surface area contributed by atoms with Gasteiger partial charge in [-0.2, -0.15) is 0 Å². The third kappa shape index (κ3) is 4.39. The number of rotatable bonds is 6. The third-order valence-corrected chi connectivity index (χ3v) is 4.96. The molecule has 2 heterocycles. The van der Waals surface area contributed by atoms with Crippen molar-refractivity contribution in [3.8, 4) is 0 Å². The molecule has 25 heavy (non-hydrogen) atoms. The first-order valence-corrected chi connectivity index (χ1v) is 9.08. The molecule has 0 spiro atoms. The molecule has 0 aromatic rings. The predicted molar refractivity (Wildman–Crippen MR) is 90.2 cm³/mol. The van der Waals surface area contributed by atoms with Crippen LogP contribution in [0.15, 0.2) is 10.8 Å². The topological polar surface area (TPSA) is 102 Å².